The highest BCUT2D eigenvalue weighted by molar-refractivity contribution is 14.1. The molecule has 0 aliphatic carbocycles. The zero-order chi connectivity index (χ0) is 13.1. The highest BCUT2D eigenvalue weighted by Gasteiger charge is 2.12. The minimum Gasteiger partial charge on any atom is -0.507 e. The molecule has 3 nitrogen and oxygen atoms in total. The fourth-order valence-corrected chi connectivity index (χ4v) is 2.15. The van der Waals surface area contributed by atoms with E-state index in [1.807, 2.05) is 24.3 Å². The summed E-state index contributed by atoms with van der Waals surface area (Å²) in [6.07, 6.45) is 0. The average Bonchev–Trinajstić information content (AvgIpc) is 2.32. The number of phenols is 1. The molecule has 0 saturated carbocycles. The van der Waals surface area contributed by atoms with Crippen LogP contribution in [-0.4, -0.2) is 11.0 Å². The molecule has 0 bridgehead atoms. The molecule has 2 rings (SSSR count). The van der Waals surface area contributed by atoms with Crippen molar-refractivity contribution in [3.8, 4) is 5.75 Å². The number of hydrogen-bond donors (Lipinski definition) is 2. The summed E-state index contributed by atoms with van der Waals surface area (Å²) in [7, 11) is 0. The Morgan fingerprint density at radius 3 is 2.67 bits per heavy atom. The van der Waals surface area contributed by atoms with Gasteiger partial charge in [0.15, 0.2) is 0 Å². The van der Waals surface area contributed by atoms with Gasteiger partial charge in [-0.05, 0) is 59.3 Å². The van der Waals surface area contributed by atoms with Gasteiger partial charge in [0.05, 0.1) is 5.56 Å². The number of carbonyl (C=O) groups is 1. The maximum atomic E-state index is 12.0. The number of halogens is 1. The molecule has 0 unspecified atom stereocenters. The number of hydrogen-bond acceptors (Lipinski definition) is 2. The van der Waals surface area contributed by atoms with Crippen LogP contribution in [0, 0.1) is 10.5 Å². The molecule has 0 radical (unpaired) electrons. The van der Waals surface area contributed by atoms with Gasteiger partial charge in [-0.25, -0.2) is 0 Å². The lowest BCUT2D eigenvalue weighted by molar-refractivity contribution is 0.102. The van der Waals surface area contributed by atoms with Gasteiger partial charge in [-0.1, -0.05) is 18.2 Å². The van der Waals surface area contributed by atoms with Crippen molar-refractivity contribution in [2.24, 2.45) is 0 Å². The normalized spacial score (nSPS) is 10.1. The average molecular weight is 353 g/mol. The molecular formula is C14H12INO2. The van der Waals surface area contributed by atoms with Gasteiger partial charge in [0, 0.05) is 9.26 Å². The monoisotopic (exact) mass is 353 g/mol. The molecule has 0 atom stereocenters. The molecule has 0 aliphatic heterocycles. The zero-order valence-electron chi connectivity index (χ0n) is 9.77. The van der Waals surface area contributed by atoms with Crippen molar-refractivity contribution in [2.75, 3.05) is 5.32 Å². The first-order valence-electron chi connectivity index (χ1n) is 5.43. The summed E-state index contributed by atoms with van der Waals surface area (Å²) in [5, 5.41) is 12.6. The number of benzene rings is 2. The number of carbonyl (C=O) groups excluding carboxylic acids is 1. The van der Waals surface area contributed by atoms with E-state index in [0.717, 1.165) is 3.57 Å². The Labute approximate surface area is 119 Å². The van der Waals surface area contributed by atoms with E-state index < -0.39 is 0 Å². The largest absolute Gasteiger partial charge is 0.507 e. The predicted molar refractivity (Wildman–Crippen MR) is 80.0 cm³/mol. The van der Waals surface area contributed by atoms with Crippen LogP contribution in [0.5, 0.6) is 5.75 Å². The van der Waals surface area contributed by atoms with Crippen LogP contribution in [0.15, 0.2) is 42.5 Å². The Kier molecular flexibility index (Phi) is 3.86. The quantitative estimate of drug-likeness (QED) is 0.812. The van der Waals surface area contributed by atoms with Crippen LogP contribution in [-0.2, 0) is 0 Å². The van der Waals surface area contributed by atoms with Crippen LogP contribution in [0.2, 0.25) is 0 Å². The standard InChI is InChI=1S/C14H12INO2/c1-9-4-2-7-12(13(9)17)14(18)16-11-6-3-5-10(15)8-11/h2-8,17H,1H3,(H,16,18). The van der Waals surface area contributed by atoms with Crippen molar-refractivity contribution < 1.29 is 9.90 Å². The minimum atomic E-state index is -0.307. The fourth-order valence-electron chi connectivity index (χ4n) is 1.61. The second-order valence-corrected chi connectivity index (χ2v) is 5.18. The number of amides is 1. The van der Waals surface area contributed by atoms with Crippen LogP contribution in [0.25, 0.3) is 0 Å². The lowest BCUT2D eigenvalue weighted by Crippen LogP contribution is -2.12. The number of aromatic hydroxyl groups is 1. The van der Waals surface area contributed by atoms with Gasteiger partial charge in [-0.2, -0.15) is 0 Å². The Morgan fingerprint density at radius 1 is 1.22 bits per heavy atom. The summed E-state index contributed by atoms with van der Waals surface area (Å²) in [4.78, 5) is 12.0. The first-order valence-corrected chi connectivity index (χ1v) is 6.51. The predicted octanol–water partition coefficient (Wildman–Crippen LogP) is 3.56. The number of rotatable bonds is 2. The topological polar surface area (TPSA) is 49.3 Å². The van der Waals surface area contributed by atoms with E-state index in [9.17, 15) is 9.90 Å². The molecule has 0 fully saturated rings. The molecule has 92 valence electrons. The van der Waals surface area contributed by atoms with Gasteiger partial charge in [-0.3, -0.25) is 4.79 Å². The number of para-hydroxylation sites is 1. The maximum absolute atomic E-state index is 12.0. The SMILES string of the molecule is Cc1cccc(C(=O)Nc2cccc(I)c2)c1O. The first kappa shape index (κ1) is 12.9. The van der Waals surface area contributed by atoms with Gasteiger partial charge in [0.2, 0.25) is 0 Å². The molecule has 18 heavy (non-hydrogen) atoms. The summed E-state index contributed by atoms with van der Waals surface area (Å²) in [6.45, 7) is 1.76. The van der Waals surface area contributed by atoms with Crippen LogP contribution >= 0.6 is 22.6 Å². The summed E-state index contributed by atoms with van der Waals surface area (Å²) >= 11 is 2.18. The molecule has 2 N–H and O–H groups in total. The van der Waals surface area contributed by atoms with Gasteiger partial charge >= 0.3 is 0 Å². The van der Waals surface area contributed by atoms with E-state index in [1.54, 1.807) is 25.1 Å². The van der Waals surface area contributed by atoms with Crippen molar-refractivity contribution in [3.63, 3.8) is 0 Å². The van der Waals surface area contributed by atoms with E-state index in [4.69, 9.17) is 0 Å². The molecule has 1 amide bonds. The Balaban J connectivity index is 2.25. The number of phenolic OH excluding ortho intramolecular Hbond substituents is 1. The van der Waals surface area contributed by atoms with E-state index in [-0.39, 0.29) is 17.2 Å². The van der Waals surface area contributed by atoms with E-state index in [2.05, 4.69) is 27.9 Å². The van der Waals surface area contributed by atoms with E-state index in [0.29, 0.717) is 11.3 Å². The van der Waals surface area contributed by atoms with E-state index in [1.165, 1.54) is 0 Å². The highest BCUT2D eigenvalue weighted by Crippen LogP contribution is 2.22. The number of nitrogens with one attached hydrogen (secondary N) is 1. The third-order valence-corrected chi connectivity index (χ3v) is 3.24. The van der Waals surface area contributed by atoms with Crippen LogP contribution in [0.1, 0.15) is 15.9 Å². The summed E-state index contributed by atoms with van der Waals surface area (Å²) in [5.74, 6) is -0.279. The second kappa shape index (κ2) is 5.39. The van der Waals surface area contributed by atoms with Crippen LogP contribution in [0.4, 0.5) is 5.69 Å². The van der Waals surface area contributed by atoms with Gasteiger partial charge in [0.25, 0.3) is 5.91 Å². The molecule has 4 heteroatoms. The number of aryl methyl sites for hydroxylation is 1. The summed E-state index contributed by atoms with van der Waals surface area (Å²) < 4.78 is 1.04. The minimum absolute atomic E-state index is 0.0284. The lowest BCUT2D eigenvalue weighted by Gasteiger charge is -2.08. The van der Waals surface area contributed by atoms with Crippen molar-refractivity contribution in [1.29, 1.82) is 0 Å². The van der Waals surface area contributed by atoms with Gasteiger partial charge in [0.1, 0.15) is 5.75 Å². The smallest absolute Gasteiger partial charge is 0.259 e. The molecule has 0 aromatic heterocycles. The van der Waals surface area contributed by atoms with Crippen molar-refractivity contribution >= 4 is 34.2 Å². The maximum Gasteiger partial charge on any atom is 0.259 e. The van der Waals surface area contributed by atoms with E-state index >= 15 is 0 Å². The fraction of sp³-hybridized carbons (Fsp3) is 0.0714. The van der Waals surface area contributed by atoms with Crippen molar-refractivity contribution in [2.45, 2.75) is 6.92 Å². The summed E-state index contributed by atoms with van der Waals surface area (Å²) in [5.41, 5.74) is 1.69. The third-order valence-electron chi connectivity index (χ3n) is 2.56. The Hall–Kier alpha value is -1.56. The molecule has 0 saturated heterocycles. The summed E-state index contributed by atoms with van der Waals surface area (Å²) in [6, 6.07) is 12.6. The Morgan fingerprint density at radius 2 is 1.94 bits per heavy atom. The first-order chi connectivity index (χ1) is 8.58. The van der Waals surface area contributed by atoms with Gasteiger partial charge < -0.3 is 10.4 Å². The van der Waals surface area contributed by atoms with Crippen LogP contribution in [0.3, 0.4) is 0 Å². The van der Waals surface area contributed by atoms with Crippen molar-refractivity contribution in [3.05, 3.63) is 57.2 Å². The molecule has 0 spiro atoms. The molecule has 2 aromatic rings. The number of anilines is 1. The van der Waals surface area contributed by atoms with Crippen molar-refractivity contribution in [1.82, 2.24) is 0 Å². The molecular weight excluding hydrogens is 341 g/mol. The highest BCUT2D eigenvalue weighted by atomic mass is 127. The molecule has 2 aromatic carbocycles. The third kappa shape index (κ3) is 2.81. The molecule has 0 aliphatic rings. The second-order valence-electron chi connectivity index (χ2n) is 3.94. The Bertz CT molecular complexity index is 596. The molecule has 0 heterocycles. The van der Waals surface area contributed by atoms with Crippen LogP contribution < -0.4 is 5.32 Å². The zero-order valence-corrected chi connectivity index (χ0v) is 11.9. The lowest BCUT2D eigenvalue weighted by atomic mass is 10.1. The van der Waals surface area contributed by atoms with Gasteiger partial charge in [-0.15, -0.1) is 0 Å².